The van der Waals surface area contributed by atoms with Gasteiger partial charge in [0.2, 0.25) is 0 Å². The number of rotatable bonds is 3. The molecular formula is C13H12ClN3O. The van der Waals surface area contributed by atoms with Crippen LogP contribution >= 0.6 is 11.6 Å². The molecule has 0 spiro atoms. The molecule has 0 atom stereocenters. The first-order valence-corrected chi connectivity index (χ1v) is 5.76. The second kappa shape index (κ2) is 5.51. The molecule has 2 rings (SSSR count). The van der Waals surface area contributed by atoms with Crippen LogP contribution < -0.4 is 10.4 Å². The maximum atomic E-state index is 11.9. The quantitative estimate of drug-likeness (QED) is 0.682. The summed E-state index contributed by atoms with van der Waals surface area (Å²) in [5.41, 5.74) is 4.10. The van der Waals surface area contributed by atoms with Gasteiger partial charge >= 0.3 is 0 Å². The van der Waals surface area contributed by atoms with Crippen molar-refractivity contribution >= 4 is 23.2 Å². The molecule has 0 saturated heterocycles. The lowest BCUT2D eigenvalue weighted by atomic mass is 10.3. The third-order valence-electron chi connectivity index (χ3n) is 2.40. The molecule has 0 aliphatic heterocycles. The summed E-state index contributed by atoms with van der Waals surface area (Å²) in [7, 11) is 1.77. The van der Waals surface area contributed by atoms with E-state index >= 15 is 0 Å². The van der Waals surface area contributed by atoms with Crippen molar-refractivity contribution in [1.82, 2.24) is 10.4 Å². The number of nitrogens with zero attached hydrogens (tertiary/aromatic N) is 2. The number of nitrogens with one attached hydrogen (secondary N) is 1. The standard InChI is InChI=1S/C13H12ClN3O/c1-17(11-5-3-2-4-6-11)16-13(18)10-7-8-12(14)15-9-10/h2-9H,1H3,(H,16,18). The van der Waals surface area contributed by atoms with E-state index < -0.39 is 0 Å². The Hall–Kier alpha value is -2.07. The summed E-state index contributed by atoms with van der Waals surface area (Å²) in [6.45, 7) is 0. The van der Waals surface area contributed by atoms with Crippen LogP contribution in [0.3, 0.4) is 0 Å². The number of carbonyl (C=O) groups excluding carboxylic acids is 1. The molecule has 1 heterocycles. The molecule has 0 aliphatic rings. The van der Waals surface area contributed by atoms with Crippen LogP contribution in [0.4, 0.5) is 5.69 Å². The van der Waals surface area contributed by atoms with Crippen molar-refractivity contribution in [1.29, 1.82) is 0 Å². The second-order valence-electron chi connectivity index (χ2n) is 3.71. The maximum Gasteiger partial charge on any atom is 0.271 e. The van der Waals surface area contributed by atoms with Crippen molar-refractivity contribution in [3.63, 3.8) is 0 Å². The molecule has 92 valence electrons. The van der Waals surface area contributed by atoms with Crippen LogP contribution in [0.25, 0.3) is 0 Å². The number of para-hydroxylation sites is 1. The molecule has 0 saturated carbocycles. The molecule has 1 aromatic carbocycles. The van der Waals surface area contributed by atoms with Gasteiger partial charge in [0.1, 0.15) is 5.15 Å². The number of anilines is 1. The lowest BCUT2D eigenvalue weighted by Crippen LogP contribution is -2.39. The van der Waals surface area contributed by atoms with Gasteiger partial charge in [0.25, 0.3) is 5.91 Å². The second-order valence-corrected chi connectivity index (χ2v) is 4.09. The third kappa shape index (κ3) is 2.99. The lowest BCUT2D eigenvalue weighted by molar-refractivity contribution is 0.0951. The van der Waals surface area contributed by atoms with Gasteiger partial charge in [-0.1, -0.05) is 29.8 Å². The molecule has 4 nitrogen and oxygen atoms in total. The highest BCUT2D eigenvalue weighted by Crippen LogP contribution is 2.10. The SMILES string of the molecule is CN(NC(=O)c1ccc(Cl)nc1)c1ccccc1. The lowest BCUT2D eigenvalue weighted by Gasteiger charge is -2.20. The van der Waals surface area contributed by atoms with Crippen LogP contribution in [0.5, 0.6) is 0 Å². The molecule has 0 aliphatic carbocycles. The van der Waals surface area contributed by atoms with Crippen molar-refractivity contribution in [2.75, 3.05) is 12.1 Å². The number of hydrogen-bond acceptors (Lipinski definition) is 3. The first-order valence-electron chi connectivity index (χ1n) is 5.38. The van der Waals surface area contributed by atoms with Crippen LogP contribution in [-0.4, -0.2) is 17.9 Å². The first kappa shape index (κ1) is 12.4. The summed E-state index contributed by atoms with van der Waals surface area (Å²) in [6.07, 6.45) is 1.44. The highest BCUT2D eigenvalue weighted by atomic mass is 35.5. The van der Waals surface area contributed by atoms with Crippen LogP contribution in [-0.2, 0) is 0 Å². The van der Waals surface area contributed by atoms with E-state index in [0.29, 0.717) is 10.7 Å². The molecule has 18 heavy (non-hydrogen) atoms. The molecule has 5 heteroatoms. The fourth-order valence-electron chi connectivity index (χ4n) is 1.44. The minimum absolute atomic E-state index is 0.231. The Balaban J connectivity index is 2.06. The minimum Gasteiger partial charge on any atom is -0.288 e. The van der Waals surface area contributed by atoms with Crippen molar-refractivity contribution in [3.05, 3.63) is 59.4 Å². The molecule has 1 aromatic heterocycles. The van der Waals surface area contributed by atoms with E-state index in [1.165, 1.54) is 6.20 Å². The molecule has 1 N–H and O–H groups in total. The number of benzene rings is 1. The number of aromatic nitrogens is 1. The van der Waals surface area contributed by atoms with Gasteiger partial charge in [-0.3, -0.25) is 15.2 Å². The molecular weight excluding hydrogens is 250 g/mol. The minimum atomic E-state index is -0.231. The summed E-state index contributed by atoms with van der Waals surface area (Å²) in [5, 5.41) is 2.01. The van der Waals surface area contributed by atoms with Crippen molar-refractivity contribution in [2.24, 2.45) is 0 Å². The number of hydrazine groups is 1. The van der Waals surface area contributed by atoms with E-state index in [9.17, 15) is 4.79 Å². The number of pyridine rings is 1. The van der Waals surface area contributed by atoms with E-state index in [4.69, 9.17) is 11.6 Å². The van der Waals surface area contributed by atoms with E-state index in [1.807, 2.05) is 30.3 Å². The number of hydrogen-bond donors (Lipinski definition) is 1. The van der Waals surface area contributed by atoms with E-state index in [0.717, 1.165) is 5.69 Å². The summed E-state index contributed by atoms with van der Waals surface area (Å²) in [4.78, 5) is 15.8. The highest BCUT2D eigenvalue weighted by molar-refractivity contribution is 6.29. The zero-order valence-electron chi connectivity index (χ0n) is 9.80. The van der Waals surface area contributed by atoms with Gasteiger partial charge in [-0.15, -0.1) is 0 Å². The fraction of sp³-hybridized carbons (Fsp3) is 0.0769. The molecule has 0 fully saturated rings. The largest absolute Gasteiger partial charge is 0.288 e. The predicted octanol–water partition coefficient (Wildman–Crippen LogP) is 2.52. The van der Waals surface area contributed by atoms with Crippen LogP contribution in [0, 0.1) is 0 Å². The van der Waals surface area contributed by atoms with Gasteiger partial charge in [-0.05, 0) is 24.3 Å². The van der Waals surface area contributed by atoms with Crippen LogP contribution in [0.15, 0.2) is 48.7 Å². The van der Waals surface area contributed by atoms with Crippen LogP contribution in [0.2, 0.25) is 5.15 Å². The Bertz CT molecular complexity index is 528. The highest BCUT2D eigenvalue weighted by Gasteiger charge is 2.08. The first-order chi connectivity index (χ1) is 8.66. The summed E-state index contributed by atoms with van der Waals surface area (Å²) in [5.74, 6) is -0.231. The Morgan fingerprint density at radius 3 is 2.56 bits per heavy atom. The number of halogens is 1. The summed E-state index contributed by atoms with van der Waals surface area (Å²) >= 11 is 5.66. The van der Waals surface area contributed by atoms with E-state index in [-0.39, 0.29) is 5.91 Å². The van der Waals surface area contributed by atoms with Crippen molar-refractivity contribution in [2.45, 2.75) is 0 Å². The number of amides is 1. The predicted molar refractivity (Wildman–Crippen MR) is 71.6 cm³/mol. The van der Waals surface area contributed by atoms with E-state index in [2.05, 4.69) is 10.4 Å². The molecule has 1 amide bonds. The molecule has 0 bridgehead atoms. The topological polar surface area (TPSA) is 45.2 Å². The van der Waals surface area contributed by atoms with Gasteiger partial charge in [-0.25, -0.2) is 4.98 Å². The zero-order chi connectivity index (χ0) is 13.0. The Morgan fingerprint density at radius 2 is 1.94 bits per heavy atom. The maximum absolute atomic E-state index is 11.9. The normalized spacial score (nSPS) is 9.89. The van der Waals surface area contributed by atoms with Crippen LogP contribution in [0.1, 0.15) is 10.4 Å². The van der Waals surface area contributed by atoms with Gasteiger partial charge in [0.15, 0.2) is 0 Å². The Kier molecular flexibility index (Phi) is 3.79. The smallest absolute Gasteiger partial charge is 0.271 e. The van der Waals surface area contributed by atoms with Gasteiger partial charge in [-0.2, -0.15) is 0 Å². The third-order valence-corrected chi connectivity index (χ3v) is 2.63. The molecule has 0 radical (unpaired) electrons. The van der Waals surface area contributed by atoms with Gasteiger partial charge in [0.05, 0.1) is 11.3 Å². The monoisotopic (exact) mass is 261 g/mol. The Labute approximate surface area is 110 Å². The molecule has 0 unspecified atom stereocenters. The Morgan fingerprint density at radius 1 is 1.22 bits per heavy atom. The van der Waals surface area contributed by atoms with Gasteiger partial charge in [0, 0.05) is 13.2 Å². The zero-order valence-corrected chi connectivity index (χ0v) is 10.6. The van der Waals surface area contributed by atoms with Gasteiger partial charge < -0.3 is 0 Å². The average Bonchev–Trinajstić information content (AvgIpc) is 2.40. The van der Waals surface area contributed by atoms with Crippen molar-refractivity contribution < 1.29 is 4.79 Å². The molecule has 2 aromatic rings. The van der Waals surface area contributed by atoms with E-state index in [1.54, 1.807) is 24.2 Å². The number of carbonyl (C=O) groups is 1. The summed E-state index contributed by atoms with van der Waals surface area (Å²) < 4.78 is 0. The average molecular weight is 262 g/mol. The van der Waals surface area contributed by atoms with Crippen molar-refractivity contribution in [3.8, 4) is 0 Å². The summed E-state index contributed by atoms with van der Waals surface area (Å²) in [6, 6.07) is 12.7. The fourth-order valence-corrected chi connectivity index (χ4v) is 1.55.